The number of thiocarbonyl (C=S) groups is 1. The highest BCUT2D eigenvalue weighted by Gasteiger charge is 1.95. The van der Waals surface area contributed by atoms with Crippen molar-refractivity contribution in [2.45, 2.75) is 5.75 Å². The van der Waals surface area contributed by atoms with E-state index in [1.165, 1.54) is 5.56 Å². The van der Waals surface area contributed by atoms with Crippen LogP contribution in [-0.2, 0) is 5.75 Å². The summed E-state index contributed by atoms with van der Waals surface area (Å²) in [7, 11) is 0. The molecule has 0 amide bonds. The smallest absolute Gasteiger partial charge is 0.154 e. The molecule has 68 valence electrons. The Labute approximate surface area is 87.4 Å². The molecule has 4 heteroatoms. The SMILES string of the molecule is C=NNC(=S)SCc1ccccc1. The molecule has 0 saturated heterocycles. The number of nitrogens with zero attached hydrogens (tertiary/aromatic N) is 1. The van der Waals surface area contributed by atoms with Crippen LogP contribution in [0.5, 0.6) is 0 Å². The van der Waals surface area contributed by atoms with Gasteiger partial charge in [0.2, 0.25) is 0 Å². The normalized spacial score (nSPS) is 9.23. The van der Waals surface area contributed by atoms with Crippen molar-refractivity contribution < 1.29 is 0 Å². The molecule has 0 aliphatic carbocycles. The first-order valence-corrected chi connectivity index (χ1v) is 5.14. The molecule has 0 bridgehead atoms. The lowest BCUT2D eigenvalue weighted by molar-refractivity contribution is 1.08. The molecule has 0 aliphatic rings. The van der Waals surface area contributed by atoms with E-state index in [4.69, 9.17) is 12.2 Å². The van der Waals surface area contributed by atoms with E-state index in [-0.39, 0.29) is 0 Å². The van der Waals surface area contributed by atoms with Gasteiger partial charge in [0.15, 0.2) is 4.32 Å². The van der Waals surface area contributed by atoms with Crippen molar-refractivity contribution in [3.05, 3.63) is 35.9 Å². The summed E-state index contributed by atoms with van der Waals surface area (Å²) < 4.78 is 0.652. The highest BCUT2D eigenvalue weighted by atomic mass is 32.2. The summed E-state index contributed by atoms with van der Waals surface area (Å²) in [6, 6.07) is 10.2. The summed E-state index contributed by atoms with van der Waals surface area (Å²) in [6.07, 6.45) is 0. The van der Waals surface area contributed by atoms with E-state index >= 15 is 0 Å². The molecule has 1 rings (SSSR count). The molecule has 0 fully saturated rings. The van der Waals surface area contributed by atoms with Gasteiger partial charge in [-0.15, -0.1) is 0 Å². The first kappa shape index (κ1) is 10.2. The average Bonchev–Trinajstić information content (AvgIpc) is 2.17. The van der Waals surface area contributed by atoms with Gasteiger partial charge in [0.1, 0.15) is 0 Å². The van der Waals surface area contributed by atoms with Gasteiger partial charge in [-0.2, -0.15) is 5.10 Å². The molecule has 13 heavy (non-hydrogen) atoms. The molecule has 1 N–H and O–H groups in total. The van der Waals surface area contributed by atoms with Gasteiger partial charge in [-0.25, -0.2) is 0 Å². The highest BCUT2D eigenvalue weighted by Crippen LogP contribution is 2.12. The fourth-order valence-corrected chi connectivity index (χ4v) is 1.68. The first-order valence-electron chi connectivity index (χ1n) is 3.75. The van der Waals surface area contributed by atoms with Crippen molar-refractivity contribution in [2.24, 2.45) is 5.10 Å². The summed E-state index contributed by atoms with van der Waals surface area (Å²) in [5, 5.41) is 3.49. The molecule has 0 heterocycles. The van der Waals surface area contributed by atoms with Gasteiger partial charge in [0.25, 0.3) is 0 Å². The second-order valence-corrected chi connectivity index (χ2v) is 3.98. The third-order valence-electron chi connectivity index (χ3n) is 1.38. The Balaban J connectivity index is 2.35. The molecule has 0 spiro atoms. The third kappa shape index (κ3) is 4.05. The maximum absolute atomic E-state index is 4.97. The average molecular weight is 210 g/mol. The summed E-state index contributed by atoms with van der Waals surface area (Å²) in [5.74, 6) is 0.863. The van der Waals surface area contributed by atoms with Crippen LogP contribution in [0.2, 0.25) is 0 Å². The van der Waals surface area contributed by atoms with Crippen LogP contribution >= 0.6 is 24.0 Å². The van der Waals surface area contributed by atoms with Crippen LogP contribution in [-0.4, -0.2) is 11.0 Å². The van der Waals surface area contributed by atoms with Gasteiger partial charge in [-0.05, 0) is 5.56 Å². The van der Waals surface area contributed by atoms with E-state index in [1.807, 2.05) is 18.2 Å². The molecule has 0 atom stereocenters. The number of hydrogen-bond donors (Lipinski definition) is 1. The molecule has 1 aromatic carbocycles. The van der Waals surface area contributed by atoms with E-state index < -0.39 is 0 Å². The quantitative estimate of drug-likeness (QED) is 0.471. The molecule has 0 aromatic heterocycles. The second kappa shape index (κ2) is 5.72. The minimum absolute atomic E-state index is 0.652. The maximum Gasteiger partial charge on any atom is 0.154 e. The Morgan fingerprint density at radius 1 is 1.46 bits per heavy atom. The molecular weight excluding hydrogens is 200 g/mol. The largest absolute Gasteiger partial charge is 0.263 e. The van der Waals surface area contributed by atoms with E-state index in [0.29, 0.717) is 4.32 Å². The summed E-state index contributed by atoms with van der Waals surface area (Å²) in [4.78, 5) is 0. The van der Waals surface area contributed by atoms with Gasteiger partial charge in [-0.3, -0.25) is 5.43 Å². The summed E-state index contributed by atoms with van der Waals surface area (Å²) in [6.45, 7) is 3.29. The lowest BCUT2D eigenvalue weighted by Crippen LogP contribution is -2.09. The number of thioether (sulfide) groups is 1. The van der Waals surface area contributed by atoms with Crippen LogP contribution in [0.3, 0.4) is 0 Å². The van der Waals surface area contributed by atoms with E-state index in [1.54, 1.807) is 11.8 Å². The zero-order chi connectivity index (χ0) is 9.52. The highest BCUT2D eigenvalue weighted by molar-refractivity contribution is 8.22. The van der Waals surface area contributed by atoms with Gasteiger partial charge in [0.05, 0.1) is 0 Å². The van der Waals surface area contributed by atoms with Gasteiger partial charge < -0.3 is 0 Å². The summed E-state index contributed by atoms with van der Waals surface area (Å²) in [5.41, 5.74) is 3.87. The first-order chi connectivity index (χ1) is 6.33. The molecule has 0 aliphatic heterocycles. The van der Waals surface area contributed by atoms with Crippen molar-refractivity contribution in [3.63, 3.8) is 0 Å². The predicted octanol–water partition coefficient (Wildman–Crippen LogP) is 2.41. The fourth-order valence-electron chi connectivity index (χ4n) is 0.820. The number of rotatable bonds is 3. The van der Waals surface area contributed by atoms with Crippen LogP contribution in [0.4, 0.5) is 0 Å². The minimum atomic E-state index is 0.652. The monoisotopic (exact) mass is 210 g/mol. The lowest BCUT2D eigenvalue weighted by Gasteiger charge is -2.01. The van der Waals surface area contributed by atoms with Crippen LogP contribution in [0, 0.1) is 0 Å². The molecule has 0 radical (unpaired) electrons. The van der Waals surface area contributed by atoms with Crippen molar-refractivity contribution in [1.29, 1.82) is 0 Å². The van der Waals surface area contributed by atoms with Gasteiger partial charge in [-0.1, -0.05) is 54.3 Å². The topological polar surface area (TPSA) is 24.4 Å². The molecule has 2 nitrogen and oxygen atoms in total. The molecule has 0 saturated carbocycles. The Morgan fingerprint density at radius 2 is 2.15 bits per heavy atom. The summed E-state index contributed by atoms with van der Waals surface area (Å²) >= 11 is 6.51. The van der Waals surface area contributed by atoms with Gasteiger partial charge >= 0.3 is 0 Å². The number of hydrogen-bond acceptors (Lipinski definition) is 3. The van der Waals surface area contributed by atoms with Crippen molar-refractivity contribution in [3.8, 4) is 0 Å². The predicted molar refractivity (Wildman–Crippen MR) is 63.0 cm³/mol. The van der Waals surface area contributed by atoms with Crippen LogP contribution in [0.15, 0.2) is 35.4 Å². The Hall–Kier alpha value is -0.870. The van der Waals surface area contributed by atoms with Crippen molar-refractivity contribution >= 4 is 35.0 Å². The van der Waals surface area contributed by atoms with Crippen LogP contribution < -0.4 is 5.43 Å². The Bertz CT molecular complexity index is 285. The second-order valence-electron chi connectivity index (χ2n) is 2.33. The van der Waals surface area contributed by atoms with Crippen LogP contribution in [0.25, 0.3) is 0 Å². The fraction of sp³-hybridized carbons (Fsp3) is 0.111. The third-order valence-corrected chi connectivity index (χ3v) is 2.66. The number of nitrogens with one attached hydrogen (secondary N) is 1. The van der Waals surface area contributed by atoms with E-state index in [2.05, 4.69) is 29.4 Å². The van der Waals surface area contributed by atoms with E-state index in [0.717, 1.165) is 5.75 Å². The van der Waals surface area contributed by atoms with Crippen molar-refractivity contribution in [1.82, 2.24) is 5.43 Å². The molecule has 1 aromatic rings. The molecule has 0 unspecified atom stereocenters. The lowest BCUT2D eigenvalue weighted by atomic mass is 10.2. The van der Waals surface area contributed by atoms with E-state index in [9.17, 15) is 0 Å². The Morgan fingerprint density at radius 3 is 2.77 bits per heavy atom. The van der Waals surface area contributed by atoms with Gasteiger partial charge in [0, 0.05) is 12.5 Å². The number of benzene rings is 1. The zero-order valence-corrected chi connectivity index (χ0v) is 8.70. The zero-order valence-electron chi connectivity index (χ0n) is 7.06. The maximum atomic E-state index is 4.97. The Kier molecular flexibility index (Phi) is 4.49. The van der Waals surface area contributed by atoms with Crippen LogP contribution in [0.1, 0.15) is 5.56 Å². The standard InChI is InChI=1S/C9H10N2S2/c1-10-11-9(12)13-7-8-5-3-2-4-6-8/h2-6H,1,7H2,(H,11,12). The molecular formula is C9H10N2S2. The van der Waals surface area contributed by atoms with Crippen molar-refractivity contribution in [2.75, 3.05) is 0 Å². The minimum Gasteiger partial charge on any atom is -0.263 e. The number of hydrazone groups is 1.